The summed E-state index contributed by atoms with van der Waals surface area (Å²) in [5, 5.41) is 2.94. The number of nitrogens with zero attached hydrogens (tertiary/aromatic N) is 2. The van der Waals surface area contributed by atoms with Crippen LogP contribution < -0.4 is 15.8 Å². The van der Waals surface area contributed by atoms with Gasteiger partial charge in [-0.15, -0.1) is 13.2 Å². The number of aromatic nitrogens is 1. The minimum Gasteiger partial charge on any atom is -0.406 e. The van der Waals surface area contributed by atoms with Gasteiger partial charge in [0.05, 0.1) is 18.8 Å². The highest BCUT2D eigenvalue weighted by molar-refractivity contribution is 5.77. The Morgan fingerprint density at radius 2 is 1.96 bits per heavy atom. The predicted molar refractivity (Wildman–Crippen MR) is 84.3 cm³/mol. The molecule has 1 aromatic heterocycles. The summed E-state index contributed by atoms with van der Waals surface area (Å²) in [6.45, 7) is 2.63. The first-order chi connectivity index (χ1) is 11.3. The molecule has 2 aromatic rings. The minimum absolute atomic E-state index is 0.232. The van der Waals surface area contributed by atoms with E-state index in [9.17, 15) is 13.2 Å². The van der Waals surface area contributed by atoms with Gasteiger partial charge in [0.2, 0.25) is 0 Å². The van der Waals surface area contributed by atoms with E-state index >= 15 is 0 Å². The minimum atomic E-state index is -4.70. The number of rotatable bonds is 5. The number of ether oxygens (including phenoxy) is 1. The number of hydrogen-bond donors (Lipinski definition) is 2. The van der Waals surface area contributed by atoms with E-state index < -0.39 is 6.36 Å². The van der Waals surface area contributed by atoms with Crippen molar-refractivity contribution in [2.75, 3.05) is 0 Å². The number of alkyl halides is 3. The van der Waals surface area contributed by atoms with E-state index in [1.807, 2.05) is 19.1 Å². The van der Waals surface area contributed by atoms with Gasteiger partial charge in [-0.05, 0) is 36.2 Å². The molecule has 5 nitrogen and oxygen atoms in total. The number of aliphatic imine (C=N–C) groups is 1. The molecule has 0 spiro atoms. The second kappa shape index (κ2) is 7.67. The summed E-state index contributed by atoms with van der Waals surface area (Å²) in [7, 11) is 0. The molecule has 0 saturated heterocycles. The lowest BCUT2D eigenvalue weighted by molar-refractivity contribution is -0.274. The third kappa shape index (κ3) is 5.79. The maximum Gasteiger partial charge on any atom is 0.573 e. The number of pyridine rings is 1. The van der Waals surface area contributed by atoms with Gasteiger partial charge in [0.1, 0.15) is 5.75 Å². The van der Waals surface area contributed by atoms with E-state index in [1.54, 1.807) is 6.20 Å². The molecule has 24 heavy (non-hydrogen) atoms. The van der Waals surface area contributed by atoms with Crippen molar-refractivity contribution in [3.8, 4) is 5.75 Å². The highest BCUT2D eigenvalue weighted by Gasteiger charge is 2.30. The summed E-state index contributed by atoms with van der Waals surface area (Å²) >= 11 is 0. The largest absolute Gasteiger partial charge is 0.573 e. The Morgan fingerprint density at radius 3 is 2.58 bits per heavy atom. The SMILES string of the molecule is Cc1cccnc1CNC(N)=NCc1ccc(OC(F)(F)F)cc1. The van der Waals surface area contributed by atoms with Crippen LogP contribution in [-0.2, 0) is 13.1 Å². The zero-order valence-corrected chi connectivity index (χ0v) is 13.0. The fourth-order valence-electron chi connectivity index (χ4n) is 1.91. The zero-order valence-electron chi connectivity index (χ0n) is 13.0. The molecule has 8 heteroatoms. The molecule has 0 unspecified atom stereocenters. The standard InChI is InChI=1S/C16H17F3N4O/c1-11-3-2-8-21-14(11)10-23-15(20)22-9-12-4-6-13(7-5-12)24-16(17,18)19/h2-8H,9-10H2,1H3,(H3,20,22,23). The maximum atomic E-state index is 12.1. The van der Waals surface area contributed by atoms with Crippen molar-refractivity contribution >= 4 is 5.96 Å². The Labute approximate surface area is 137 Å². The van der Waals surface area contributed by atoms with Crippen LogP contribution in [0.15, 0.2) is 47.6 Å². The Balaban J connectivity index is 1.87. The first-order valence-electron chi connectivity index (χ1n) is 7.12. The van der Waals surface area contributed by atoms with E-state index in [0.717, 1.165) is 11.3 Å². The molecule has 0 aliphatic carbocycles. The summed E-state index contributed by atoms with van der Waals surface area (Å²) in [5.41, 5.74) is 8.39. The number of benzene rings is 1. The molecule has 2 rings (SSSR count). The van der Waals surface area contributed by atoms with Crippen LogP contribution in [-0.4, -0.2) is 17.3 Å². The van der Waals surface area contributed by atoms with Gasteiger partial charge in [-0.25, -0.2) is 4.99 Å². The molecule has 0 aliphatic rings. The molecule has 0 fully saturated rings. The number of halogens is 3. The van der Waals surface area contributed by atoms with Crippen molar-refractivity contribution in [2.24, 2.45) is 10.7 Å². The number of aryl methyl sites for hydroxylation is 1. The molecular formula is C16H17F3N4O. The topological polar surface area (TPSA) is 72.5 Å². The van der Waals surface area contributed by atoms with Gasteiger partial charge in [-0.1, -0.05) is 18.2 Å². The lowest BCUT2D eigenvalue weighted by Gasteiger charge is -2.09. The highest BCUT2D eigenvalue weighted by Crippen LogP contribution is 2.22. The smallest absolute Gasteiger partial charge is 0.406 e. The predicted octanol–water partition coefficient (Wildman–Crippen LogP) is 2.89. The molecular weight excluding hydrogens is 321 g/mol. The third-order valence-electron chi connectivity index (χ3n) is 3.14. The third-order valence-corrected chi connectivity index (χ3v) is 3.14. The Bertz CT molecular complexity index is 699. The van der Waals surface area contributed by atoms with E-state index in [-0.39, 0.29) is 18.3 Å². The zero-order chi connectivity index (χ0) is 17.6. The lowest BCUT2D eigenvalue weighted by Crippen LogP contribution is -2.31. The van der Waals surface area contributed by atoms with Crippen molar-refractivity contribution in [1.29, 1.82) is 0 Å². The summed E-state index contributed by atoms with van der Waals surface area (Å²) < 4.78 is 40.0. The highest BCUT2D eigenvalue weighted by atomic mass is 19.4. The molecule has 0 atom stereocenters. The molecule has 1 aromatic carbocycles. The first-order valence-corrected chi connectivity index (χ1v) is 7.12. The molecule has 0 saturated carbocycles. The van der Waals surface area contributed by atoms with Crippen molar-refractivity contribution in [1.82, 2.24) is 10.3 Å². The van der Waals surface area contributed by atoms with Crippen LogP contribution in [0, 0.1) is 6.92 Å². The Morgan fingerprint density at radius 1 is 1.25 bits per heavy atom. The quantitative estimate of drug-likeness (QED) is 0.649. The second-order valence-corrected chi connectivity index (χ2v) is 5.01. The van der Waals surface area contributed by atoms with Gasteiger partial charge in [-0.3, -0.25) is 4.98 Å². The van der Waals surface area contributed by atoms with E-state index in [0.29, 0.717) is 12.1 Å². The number of nitrogens with two attached hydrogens (primary N) is 1. The fraction of sp³-hybridized carbons (Fsp3) is 0.250. The Hall–Kier alpha value is -2.77. The molecule has 1 heterocycles. The van der Waals surface area contributed by atoms with E-state index in [4.69, 9.17) is 5.73 Å². The van der Waals surface area contributed by atoms with Gasteiger partial charge in [0.25, 0.3) is 0 Å². The summed E-state index contributed by atoms with van der Waals surface area (Å²) in [4.78, 5) is 8.36. The van der Waals surface area contributed by atoms with Crippen LogP contribution in [0.5, 0.6) is 5.75 Å². The van der Waals surface area contributed by atoms with Crippen LogP contribution in [0.2, 0.25) is 0 Å². The van der Waals surface area contributed by atoms with E-state index in [2.05, 4.69) is 20.0 Å². The molecule has 3 N–H and O–H groups in total. The van der Waals surface area contributed by atoms with Crippen molar-refractivity contribution in [3.63, 3.8) is 0 Å². The average Bonchev–Trinajstić information content (AvgIpc) is 2.52. The molecule has 128 valence electrons. The molecule has 0 radical (unpaired) electrons. The monoisotopic (exact) mass is 338 g/mol. The summed E-state index contributed by atoms with van der Waals surface area (Å²) in [6.07, 6.45) is -3.00. The van der Waals surface area contributed by atoms with Gasteiger partial charge < -0.3 is 15.8 Å². The van der Waals surface area contributed by atoms with Crippen LogP contribution in [0.1, 0.15) is 16.8 Å². The Kier molecular flexibility index (Phi) is 5.62. The van der Waals surface area contributed by atoms with Crippen molar-refractivity contribution in [2.45, 2.75) is 26.4 Å². The van der Waals surface area contributed by atoms with Gasteiger partial charge in [0.15, 0.2) is 5.96 Å². The van der Waals surface area contributed by atoms with Crippen LogP contribution in [0.25, 0.3) is 0 Å². The van der Waals surface area contributed by atoms with Crippen LogP contribution in [0.4, 0.5) is 13.2 Å². The summed E-state index contributed by atoms with van der Waals surface area (Å²) in [5.74, 6) is -0.0392. The first kappa shape index (κ1) is 17.6. The van der Waals surface area contributed by atoms with Crippen LogP contribution >= 0.6 is 0 Å². The lowest BCUT2D eigenvalue weighted by atomic mass is 10.2. The van der Waals surface area contributed by atoms with E-state index in [1.165, 1.54) is 24.3 Å². The number of nitrogens with one attached hydrogen (secondary N) is 1. The molecule has 0 bridgehead atoms. The number of guanidine groups is 1. The number of hydrogen-bond acceptors (Lipinski definition) is 3. The van der Waals surface area contributed by atoms with Gasteiger partial charge in [0, 0.05) is 6.20 Å². The average molecular weight is 338 g/mol. The van der Waals surface area contributed by atoms with Gasteiger partial charge in [-0.2, -0.15) is 0 Å². The summed E-state index contributed by atoms with van der Waals surface area (Å²) in [6, 6.07) is 9.27. The second-order valence-electron chi connectivity index (χ2n) is 5.01. The molecule has 0 amide bonds. The van der Waals surface area contributed by atoms with Gasteiger partial charge >= 0.3 is 6.36 Å². The normalized spacial score (nSPS) is 12.1. The van der Waals surface area contributed by atoms with Crippen molar-refractivity contribution < 1.29 is 17.9 Å². The van der Waals surface area contributed by atoms with Crippen molar-refractivity contribution in [3.05, 3.63) is 59.4 Å². The maximum absolute atomic E-state index is 12.1. The molecule has 0 aliphatic heterocycles. The fourth-order valence-corrected chi connectivity index (χ4v) is 1.91. The van der Waals surface area contributed by atoms with Crippen LogP contribution in [0.3, 0.4) is 0 Å².